The van der Waals surface area contributed by atoms with E-state index in [1.165, 1.54) is 22.2 Å². The van der Waals surface area contributed by atoms with Gasteiger partial charge in [-0.15, -0.1) is 0 Å². The second kappa shape index (κ2) is 9.96. The molecule has 32 heavy (non-hydrogen) atoms. The van der Waals surface area contributed by atoms with E-state index in [1.807, 2.05) is 12.1 Å². The van der Waals surface area contributed by atoms with Crippen LogP contribution in [0, 0.1) is 19.3 Å². The fourth-order valence-corrected chi connectivity index (χ4v) is 4.76. The van der Waals surface area contributed by atoms with E-state index in [4.69, 9.17) is 20.9 Å². The van der Waals surface area contributed by atoms with Crippen molar-refractivity contribution in [3.63, 3.8) is 0 Å². The number of hydrogen-bond acceptors (Lipinski definition) is 3. The fourth-order valence-electron chi connectivity index (χ4n) is 4.64. The SMILES string of the molecule is [CH2-]C1([CH2-])CCC(CN2CC=C(B3OC(C)(C)C(C)(C)O3)CC2)=C(c2ccc(Cl)cc2)C1.[Y]. The molecule has 1 radical (unpaired) electrons. The van der Waals surface area contributed by atoms with Crippen molar-refractivity contribution in [3.05, 3.63) is 65.8 Å². The molecule has 1 aliphatic carbocycles. The largest absolute Gasteiger partial charge is 0.490 e. The minimum Gasteiger partial charge on any atom is -0.400 e. The minimum absolute atomic E-state index is 0. The molecule has 3 aliphatic rings. The molecule has 4 rings (SSSR count). The van der Waals surface area contributed by atoms with E-state index in [0.29, 0.717) is 0 Å². The number of rotatable bonds is 4. The first-order valence-corrected chi connectivity index (χ1v) is 11.8. The quantitative estimate of drug-likeness (QED) is 0.343. The fraction of sp³-hybridized carbons (Fsp3) is 0.538. The summed E-state index contributed by atoms with van der Waals surface area (Å²) in [5.74, 6) is 0. The van der Waals surface area contributed by atoms with Crippen molar-refractivity contribution in [1.29, 1.82) is 0 Å². The first kappa shape index (κ1) is 26.6. The van der Waals surface area contributed by atoms with E-state index >= 15 is 0 Å². The maximum absolute atomic E-state index is 6.25. The molecule has 2 aliphatic heterocycles. The van der Waals surface area contributed by atoms with Crippen molar-refractivity contribution in [2.24, 2.45) is 5.41 Å². The van der Waals surface area contributed by atoms with Crippen molar-refractivity contribution in [3.8, 4) is 0 Å². The van der Waals surface area contributed by atoms with Crippen molar-refractivity contribution < 1.29 is 42.0 Å². The summed E-state index contributed by atoms with van der Waals surface area (Å²) in [5.41, 5.74) is 4.72. The van der Waals surface area contributed by atoms with Gasteiger partial charge >= 0.3 is 7.12 Å². The molecule has 2 heterocycles. The molecule has 0 aromatic heterocycles. The van der Waals surface area contributed by atoms with Crippen LogP contribution in [0.4, 0.5) is 0 Å². The number of hydrogen-bond donors (Lipinski definition) is 0. The van der Waals surface area contributed by atoms with E-state index in [2.05, 4.69) is 64.7 Å². The van der Waals surface area contributed by atoms with Crippen LogP contribution in [0.5, 0.6) is 0 Å². The number of benzene rings is 1. The molecule has 0 bridgehead atoms. The van der Waals surface area contributed by atoms with Gasteiger partial charge in [0.15, 0.2) is 0 Å². The van der Waals surface area contributed by atoms with Gasteiger partial charge in [0.1, 0.15) is 0 Å². The van der Waals surface area contributed by atoms with E-state index in [-0.39, 0.29) is 56.4 Å². The van der Waals surface area contributed by atoms with Gasteiger partial charge < -0.3 is 23.2 Å². The molecule has 0 saturated carbocycles. The van der Waals surface area contributed by atoms with Gasteiger partial charge in [-0.2, -0.15) is 0 Å². The normalized spacial score (nSPS) is 24.8. The predicted octanol–water partition coefficient (Wildman–Crippen LogP) is 6.19. The van der Waals surface area contributed by atoms with E-state index in [9.17, 15) is 0 Å². The van der Waals surface area contributed by atoms with Gasteiger partial charge in [0.2, 0.25) is 0 Å². The van der Waals surface area contributed by atoms with Gasteiger partial charge in [0, 0.05) is 57.4 Å². The first-order chi connectivity index (χ1) is 14.5. The molecule has 3 nitrogen and oxygen atoms in total. The molecule has 171 valence electrons. The monoisotopic (exact) mass is 528 g/mol. The van der Waals surface area contributed by atoms with Crippen molar-refractivity contribution >= 4 is 24.3 Å². The summed E-state index contributed by atoms with van der Waals surface area (Å²) in [6, 6.07) is 8.21. The number of allylic oxidation sites excluding steroid dienone is 1. The van der Waals surface area contributed by atoms with E-state index in [1.54, 1.807) is 0 Å². The summed E-state index contributed by atoms with van der Waals surface area (Å²) in [6.07, 6.45) is 6.28. The van der Waals surface area contributed by atoms with Crippen LogP contribution in [-0.4, -0.2) is 42.9 Å². The van der Waals surface area contributed by atoms with Crippen molar-refractivity contribution in [2.75, 3.05) is 19.6 Å². The average Bonchev–Trinajstić information content (AvgIpc) is 2.91. The Balaban J connectivity index is 0.00000289. The van der Waals surface area contributed by atoms with Crippen LogP contribution in [0.15, 0.2) is 41.4 Å². The van der Waals surface area contributed by atoms with E-state index in [0.717, 1.165) is 50.3 Å². The Kier molecular flexibility index (Phi) is 8.29. The average molecular weight is 529 g/mol. The van der Waals surface area contributed by atoms with Crippen molar-refractivity contribution in [1.82, 2.24) is 4.90 Å². The summed E-state index contributed by atoms with van der Waals surface area (Å²) < 4.78 is 12.5. The maximum Gasteiger partial charge on any atom is 0.490 e. The molecular weight excluding hydrogens is 493 g/mol. The third kappa shape index (κ3) is 5.81. The Bertz CT molecular complexity index is 876. The van der Waals surface area contributed by atoms with Crippen LogP contribution in [0.2, 0.25) is 5.02 Å². The van der Waals surface area contributed by atoms with Crippen LogP contribution in [0.3, 0.4) is 0 Å². The summed E-state index contributed by atoms with van der Waals surface area (Å²) in [7, 11) is -0.219. The third-order valence-electron chi connectivity index (χ3n) is 7.43. The Labute approximate surface area is 225 Å². The van der Waals surface area contributed by atoms with Gasteiger partial charge in [0.25, 0.3) is 0 Å². The topological polar surface area (TPSA) is 21.7 Å². The number of nitrogens with zero attached hydrogens (tertiary/aromatic N) is 1. The molecule has 0 amide bonds. The Morgan fingerprint density at radius 3 is 2.22 bits per heavy atom. The maximum atomic E-state index is 6.25. The van der Waals surface area contributed by atoms with Crippen LogP contribution in [-0.2, 0) is 42.0 Å². The number of halogens is 1. The molecule has 0 N–H and O–H groups in total. The van der Waals surface area contributed by atoms with Gasteiger partial charge in [-0.25, -0.2) is 0 Å². The first-order valence-electron chi connectivity index (χ1n) is 11.4. The predicted molar refractivity (Wildman–Crippen MR) is 131 cm³/mol. The molecular formula is C26H35BClNO2Y-2. The van der Waals surface area contributed by atoms with Gasteiger partial charge in [-0.05, 0) is 69.3 Å². The van der Waals surface area contributed by atoms with Crippen LogP contribution in [0.1, 0.15) is 58.9 Å². The Morgan fingerprint density at radius 2 is 1.66 bits per heavy atom. The molecule has 6 heteroatoms. The molecule has 1 fully saturated rings. The summed E-state index contributed by atoms with van der Waals surface area (Å²) in [4.78, 5) is 2.53. The Hall–Kier alpha value is 0.0388. The molecule has 1 aromatic rings. The zero-order chi connectivity index (χ0) is 22.4. The standard InChI is InChI=1S/C26H35BClNO2.Y/c1-24(2)14-11-20(23(17-24)19-7-9-22(28)10-8-19)18-29-15-12-21(13-16-29)27-30-25(3,4)26(5,6)31-27;/h7-10,12H,1-2,11,13-18H2,3-6H3;/q-2;. The second-order valence-corrected chi connectivity index (χ2v) is 11.1. The van der Waals surface area contributed by atoms with Crippen LogP contribution in [0.25, 0.3) is 5.57 Å². The molecule has 1 aromatic carbocycles. The molecule has 0 atom stereocenters. The third-order valence-corrected chi connectivity index (χ3v) is 7.68. The van der Waals surface area contributed by atoms with Gasteiger partial charge in [-0.1, -0.05) is 48.2 Å². The zero-order valence-electron chi connectivity index (χ0n) is 20.0. The van der Waals surface area contributed by atoms with Gasteiger partial charge in [-0.3, -0.25) is 10.3 Å². The molecule has 0 unspecified atom stereocenters. The second-order valence-electron chi connectivity index (χ2n) is 10.6. The van der Waals surface area contributed by atoms with Crippen molar-refractivity contribution in [2.45, 2.75) is 64.6 Å². The van der Waals surface area contributed by atoms with E-state index < -0.39 is 0 Å². The Morgan fingerprint density at radius 1 is 1.03 bits per heavy atom. The molecule has 1 saturated heterocycles. The zero-order valence-corrected chi connectivity index (χ0v) is 23.6. The summed E-state index contributed by atoms with van der Waals surface area (Å²) >= 11 is 6.13. The smallest absolute Gasteiger partial charge is 0.400 e. The van der Waals surface area contributed by atoms with Gasteiger partial charge in [0.05, 0.1) is 11.2 Å². The summed E-state index contributed by atoms with van der Waals surface area (Å²) in [6.45, 7) is 20.1. The molecule has 0 spiro atoms. The summed E-state index contributed by atoms with van der Waals surface area (Å²) in [5, 5.41) is 0.772. The van der Waals surface area contributed by atoms with Crippen LogP contribution >= 0.6 is 11.6 Å². The van der Waals surface area contributed by atoms with Crippen LogP contribution < -0.4 is 0 Å². The minimum atomic E-state index is -0.287.